The average Bonchev–Trinajstić information content (AvgIpc) is 2.58. The quantitative estimate of drug-likeness (QED) is 0.172. The third-order valence-electron chi connectivity index (χ3n) is 4.37. The highest BCUT2D eigenvalue weighted by Gasteiger charge is 2.16. The van der Waals surface area contributed by atoms with Gasteiger partial charge < -0.3 is 4.74 Å². The van der Waals surface area contributed by atoms with E-state index in [1.54, 1.807) is 0 Å². The molecule has 2 nitrogen and oxygen atoms in total. The summed E-state index contributed by atoms with van der Waals surface area (Å²) < 4.78 is 5.11. The Labute approximate surface area is 150 Å². The predicted octanol–water partition coefficient (Wildman–Crippen LogP) is 7.00. The molecule has 0 aliphatic carbocycles. The molecule has 0 saturated heterocycles. The van der Waals surface area contributed by atoms with E-state index in [1.807, 2.05) is 6.92 Å². The summed E-state index contributed by atoms with van der Waals surface area (Å²) in [5.74, 6) is 0.0969. The highest BCUT2D eigenvalue weighted by Crippen LogP contribution is 2.16. The fourth-order valence-corrected chi connectivity index (χ4v) is 2.77. The standard InChI is InChI=1S/C22H40O2/c1-4-7-8-9-10-11-12-13-14-15-16-17-18-19-20-21(5-2)22(23)24-6-3/h10-11,13-14,21H,4-9,12,15-20H2,1-3H3/b11-10-,14-13-. The molecule has 140 valence electrons. The number of carbonyl (C=O) groups is 1. The average molecular weight is 337 g/mol. The van der Waals surface area contributed by atoms with Crippen LogP contribution in [0.15, 0.2) is 24.3 Å². The Morgan fingerprint density at radius 2 is 1.46 bits per heavy atom. The molecule has 0 amide bonds. The summed E-state index contributed by atoms with van der Waals surface area (Å²) in [5, 5.41) is 0. The molecule has 0 heterocycles. The third kappa shape index (κ3) is 14.5. The monoisotopic (exact) mass is 336 g/mol. The van der Waals surface area contributed by atoms with Gasteiger partial charge in [0, 0.05) is 0 Å². The Hall–Kier alpha value is -1.05. The molecule has 1 atom stereocenters. The highest BCUT2D eigenvalue weighted by atomic mass is 16.5. The van der Waals surface area contributed by atoms with Crippen molar-refractivity contribution in [3.8, 4) is 0 Å². The van der Waals surface area contributed by atoms with Gasteiger partial charge in [0.15, 0.2) is 0 Å². The molecular weight excluding hydrogens is 296 g/mol. The first-order valence-electron chi connectivity index (χ1n) is 10.2. The molecule has 0 aromatic carbocycles. The van der Waals surface area contributed by atoms with Crippen molar-refractivity contribution in [1.29, 1.82) is 0 Å². The van der Waals surface area contributed by atoms with Gasteiger partial charge in [0.1, 0.15) is 0 Å². The molecule has 0 rings (SSSR count). The Morgan fingerprint density at radius 1 is 0.833 bits per heavy atom. The number of carbonyl (C=O) groups excluding carboxylic acids is 1. The topological polar surface area (TPSA) is 26.3 Å². The molecule has 24 heavy (non-hydrogen) atoms. The van der Waals surface area contributed by atoms with Crippen LogP contribution in [0.3, 0.4) is 0 Å². The fraction of sp³-hybridized carbons (Fsp3) is 0.773. The largest absolute Gasteiger partial charge is 0.466 e. The lowest BCUT2D eigenvalue weighted by molar-refractivity contribution is -0.148. The maximum absolute atomic E-state index is 11.7. The first-order valence-corrected chi connectivity index (χ1v) is 10.2. The second-order valence-electron chi connectivity index (χ2n) is 6.52. The zero-order valence-electron chi connectivity index (χ0n) is 16.4. The second kappa shape index (κ2) is 18.3. The fourth-order valence-electron chi connectivity index (χ4n) is 2.77. The van der Waals surface area contributed by atoms with Gasteiger partial charge in [0.2, 0.25) is 0 Å². The zero-order chi connectivity index (χ0) is 17.9. The van der Waals surface area contributed by atoms with E-state index in [0.29, 0.717) is 6.61 Å². The number of ether oxygens (including phenoxy) is 1. The Balaban J connectivity index is 3.46. The number of hydrogen-bond donors (Lipinski definition) is 0. The van der Waals surface area contributed by atoms with Crippen LogP contribution in [0.5, 0.6) is 0 Å². The van der Waals surface area contributed by atoms with Crippen molar-refractivity contribution >= 4 is 5.97 Å². The van der Waals surface area contributed by atoms with E-state index in [-0.39, 0.29) is 11.9 Å². The molecular formula is C22H40O2. The molecule has 0 saturated carbocycles. The van der Waals surface area contributed by atoms with Crippen LogP contribution in [0, 0.1) is 5.92 Å². The van der Waals surface area contributed by atoms with Crippen LogP contribution in [0.2, 0.25) is 0 Å². The Bertz CT molecular complexity index is 331. The molecule has 0 N–H and O–H groups in total. The van der Waals surface area contributed by atoms with Crippen molar-refractivity contribution < 1.29 is 9.53 Å². The van der Waals surface area contributed by atoms with Crippen LogP contribution in [0.1, 0.15) is 97.8 Å². The summed E-state index contributed by atoms with van der Waals surface area (Å²) in [6.07, 6.45) is 23.4. The molecule has 0 aliphatic heterocycles. The van der Waals surface area contributed by atoms with E-state index in [4.69, 9.17) is 4.74 Å². The second-order valence-corrected chi connectivity index (χ2v) is 6.52. The number of esters is 1. The van der Waals surface area contributed by atoms with Gasteiger partial charge in [-0.1, -0.05) is 70.3 Å². The molecule has 0 radical (unpaired) electrons. The normalized spacial score (nSPS) is 13.0. The van der Waals surface area contributed by atoms with E-state index in [9.17, 15) is 4.79 Å². The van der Waals surface area contributed by atoms with Gasteiger partial charge in [-0.15, -0.1) is 0 Å². The van der Waals surface area contributed by atoms with Crippen molar-refractivity contribution in [3.63, 3.8) is 0 Å². The molecule has 0 aromatic heterocycles. The maximum atomic E-state index is 11.7. The van der Waals surface area contributed by atoms with Crippen molar-refractivity contribution in [2.75, 3.05) is 6.61 Å². The molecule has 0 spiro atoms. The lowest BCUT2D eigenvalue weighted by Gasteiger charge is -2.12. The van der Waals surface area contributed by atoms with Crippen LogP contribution in [0.4, 0.5) is 0 Å². The van der Waals surface area contributed by atoms with E-state index in [0.717, 1.165) is 25.7 Å². The number of allylic oxidation sites excluding steroid dienone is 4. The van der Waals surface area contributed by atoms with Crippen LogP contribution < -0.4 is 0 Å². The first-order chi connectivity index (χ1) is 11.8. The van der Waals surface area contributed by atoms with Crippen LogP contribution in [0.25, 0.3) is 0 Å². The van der Waals surface area contributed by atoms with Gasteiger partial charge in [0.25, 0.3) is 0 Å². The van der Waals surface area contributed by atoms with Crippen molar-refractivity contribution in [2.24, 2.45) is 5.92 Å². The molecule has 0 aromatic rings. The minimum atomic E-state index is -0.00863. The molecule has 0 bridgehead atoms. The number of rotatable bonds is 16. The van der Waals surface area contributed by atoms with Gasteiger partial charge in [-0.2, -0.15) is 0 Å². The zero-order valence-corrected chi connectivity index (χ0v) is 16.4. The molecule has 0 fully saturated rings. The van der Waals surface area contributed by atoms with Crippen LogP contribution >= 0.6 is 0 Å². The summed E-state index contributed by atoms with van der Waals surface area (Å²) in [7, 11) is 0. The van der Waals surface area contributed by atoms with E-state index < -0.39 is 0 Å². The minimum Gasteiger partial charge on any atom is -0.466 e. The highest BCUT2D eigenvalue weighted by molar-refractivity contribution is 5.72. The van der Waals surface area contributed by atoms with Crippen LogP contribution in [-0.2, 0) is 9.53 Å². The van der Waals surface area contributed by atoms with E-state index in [1.165, 1.54) is 51.4 Å². The Kier molecular flexibility index (Phi) is 17.5. The lowest BCUT2D eigenvalue weighted by atomic mass is 9.98. The van der Waals surface area contributed by atoms with Crippen molar-refractivity contribution in [2.45, 2.75) is 97.8 Å². The SMILES string of the molecule is CCCCC/C=C\C/C=C\CCCCCCC(CC)C(=O)OCC. The number of unbranched alkanes of at least 4 members (excludes halogenated alkanes) is 7. The lowest BCUT2D eigenvalue weighted by Crippen LogP contribution is -2.16. The van der Waals surface area contributed by atoms with Gasteiger partial charge >= 0.3 is 5.97 Å². The molecule has 2 heteroatoms. The van der Waals surface area contributed by atoms with Gasteiger partial charge in [0.05, 0.1) is 12.5 Å². The smallest absolute Gasteiger partial charge is 0.308 e. The third-order valence-corrected chi connectivity index (χ3v) is 4.37. The molecule has 1 unspecified atom stereocenters. The van der Waals surface area contributed by atoms with Gasteiger partial charge in [-0.3, -0.25) is 4.79 Å². The Morgan fingerprint density at radius 3 is 2.04 bits per heavy atom. The summed E-state index contributed by atoms with van der Waals surface area (Å²) in [5.41, 5.74) is 0. The summed E-state index contributed by atoms with van der Waals surface area (Å²) in [4.78, 5) is 11.7. The molecule has 0 aliphatic rings. The maximum Gasteiger partial charge on any atom is 0.308 e. The van der Waals surface area contributed by atoms with Crippen molar-refractivity contribution in [3.05, 3.63) is 24.3 Å². The van der Waals surface area contributed by atoms with Gasteiger partial charge in [-0.05, 0) is 51.9 Å². The number of hydrogen-bond acceptors (Lipinski definition) is 2. The predicted molar refractivity (Wildman–Crippen MR) is 105 cm³/mol. The van der Waals surface area contributed by atoms with Gasteiger partial charge in [-0.25, -0.2) is 0 Å². The summed E-state index contributed by atoms with van der Waals surface area (Å²) in [6.45, 7) is 6.69. The summed E-state index contributed by atoms with van der Waals surface area (Å²) >= 11 is 0. The van der Waals surface area contributed by atoms with Crippen LogP contribution in [-0.4, -0.2) is 12.6 Å². The first kappa shape index (κ1) is 22.9. The van der Waals surface area contributed by atoms with Crippen molar-refractivity contribution in [1.82, 2.24) is 0 Å². The summed E-state index contributed by atoms with van der Waals surface area (Å²) in [6, 6.07) is 0. The minimum absolute atomic E-state index is 0.00863. The van der Waals surface area contributed by atoms with E-state index >= 15 is 0 Å². The van der Waals surface area contributed by atoms with E-state index in [2.05, 4.69) is 38.2 Å².